The smallest absolute Gasteiger partial charge is 0.311 e. The standard InChI is InChI=1S/C22H39NO6/c1-9-20(2,3)19(26)28-13-12-27-17(24)10-11-18(25)29-16-14-21(4,5)23(8)22(6,7)15-16/h16H,9-15H2,1-8H3. The van der Waals surface area contributed by atoms with Gasteiger partial charge in [0.15, 0.2) is 0 Å². The summed E-state index contributed by atoms with van der Waals surface area (Å²) >= 11 is 0. The molecule has 0 spiro atoms. The Morgan fingerprint density at radius 1 is 0.931 bits per heavy atom. The first-order chi connectivity index (χ1) is 13.2. The molecular formula is C22H39NO6. The van der Waals surface area contributed by atoms with E-state index in [1.165, 1.54) is 0 Å². The Labute approximate surface area is 175 Å². The highest BCUT2D eigenvalue weighted by Crippen LogP contribution is 2.38. The Morgan fingerprint density at radius 2 is 1.41 bits per heavy atom. The Hall–Kier alpha value is -1.63. The molecule has 168 valence electrons. The molecule has 0 unspecified atom stereocenters. The lowest BCUT2D eigenvalue weighted by molar-refractivity contribution is -0.162. The van der Waals surface area contributed by atoms with Crippen molar-refractivity contribution in [2.75, 3.05) is 20.3 Å². The molecule has 1 saturated heterocycles. The summed E-state index contributed by atoms with van der Waals surface area (Å²) in [5.74, 6) is -1.21. The predicted molar refractivity (Wildman–Crippen MR) is 110 cm³/mol. The topological polar surface area (TPSA) is 82.1 Å². The van der Waals surface area contributed by atoms with Gasteiger partial charge in [-0.3, -0.25) is 19.3 Å². The zero-order chi connectivity index (χ0) is 22.5. The zero-order valence-electron chi connectivity index (χ0n) is 19.4. The largest absolute Gasteiger partial charge is 0.462 e. The number of likely N-dealkylation sites (tertiary alicyclic amines) is 1. The SMILES string of the molecule is CCC(C)(C)C(=O)OCCOC(=O)CCC(=O)OC1CC(C)(C)N(C)C(C)(C)C1. The monoisotopic (exact) mass is 413 g/mol. The van der Waals surface area contributed by atoms with E-state index >= 15 is 0 Å². The van der Waals surface area contributed by atoms with E-state index in [1.807, 2.05) is 6.92 Å². The lowest BCUT2D eigenvalue weighted by atomic mass is 9.79. The van der Waals surface area contributed by atoms with Crippen molar-refractivity contribution in [1.29, 1.82) is 0 Å². The van der Waals surface area contributed by atoms with Crippen LogP contribution in [0.1, 0.15) is 80.6 Å². The Morgan fingerprint density at radius 3 is 1.93 bits per heavy atom. The summed E-state index contributed by atoms with van der Waals surface area (Å²) in [6.45, 7) is 14.1. The van der Waals surface area contributed by atoms with Gasteiger partial charge in [0.05, 0.1) is 18.3 Å². The van der Waals surface area contributed by atoms with Crippen LogP contribution in [0.3, 0.4) is 0 Å². The number of piperidine rings is 1. The molecule has 0 bridgehead atoms. The average molecular weight is 414 g/mol. The minimum absolute atomic E-state index is 0.0121. The van der Waals surface area contributed by atoms with Crippen LogP contribution >= 0.6 is 0 Å². The van der Waals surface area contributed by atoms with E-state index in [4.69, 9.17) is 14.2 Å². The highest BCUT2D eigenvalue weighted by Gasteiger charge is 2.44. The molecule has 1 rings (SSSR count). The van der Waals surface area contributed by atoms with Crippen LogP contribution < -0.4 is 0 Å². The molecule has 0 radical (unpaired) electrons. The second-order valence-electron chi connectivity index (χ2n) is 9.80. The van der Waals surface area contributed by atoms with Gasteiger partial charge >= 0.3 is 17.9 Å². The van der Waals surface area contributed by atoms with Crippen molar-refractivity contribution in [2.24, 2.45) is 5.41 Å². The van der Waals surface area contributed by atoms with Crippen LogP contribution in [0.25, 0.3) is 0 Å². The van der Waals surface area contributed by atoms with Gasteiger partial charge in [-0.15, -0.1) is 0 Å². The number of ether oxygens (including phenoxy) is 3. The van der Waals surface area contributed by atoms with Crippen molar-refractivity contribution < 1.29 is 28.6 Å². The van der Waals surface area contributed by atoms with Crippen molar-refractivity contribution in [3.63, 3.8) is 0 Å². The first kappa shape index (κ1) is 25.4. The van der Waals surface area contributed by atoms with Crippen LogP contribution in [0.2, 0.25) is 0 Å². The average Bonchev–Trinajstić information content (AvgIpc) is 2.60. The number of carbonyl (C=O) groups excluding carboxylic acids is 3. The first-order valence-electron chi connectivity index (χ1n) is 10.5. The maximum absolute atomic E-state index is 12.2. The van der Waals surface area contributed by atoms with Gasteiger partial charge in [0, 0.05) is 23.9 Å². The first-order valence-corrected chi connectivity index (χ1v) is 10.5. The molecule has 0 N–H and O–H groups in total. The zero-order valence-corrected chi connectivity index (χ0v) is 19.4. The fourth-order valence-electron chi connectivity index (χ4n) is 3.51. The van der Waals surface area contributed by atoms with E-state index in [1.54, 1.807) is 13.8 Å². The van der Waals surface area contributed by atoms with Crippen molar-refractivity contribution >= 4 is 17.9 Å². The van der Waals surface area contributed by atoms with Crippen LogP contribution in [0, 0.1) is 5.41 Å². The lowest BCUT2D eigenvalue weighted by Gasteiger charge is -2.53. The third-order valence-electron chi connectivity index (χ3n) is 6.12. The molecule has 0 aliphatic carbocycles. The summed E-state index contributed by atoms with van der Waals surface area (Å²) < 4.78 is 15.8. The van der Waals surface area contributed by atoms with E-state index in [0.717, 1.165) is 12.8 Å². The number of carbonyl (C=O) groups is 3. The normalized spacial score (nSPS) is 19.4. The summed E-state index contributed by atoms with van der Waals surface area (Å²) in [6.07, 6.45) is 1.94. The van der Waals surface area contributed by atoms with Gasteiger partial charge in [0.1, 0.15) is 19.3 Å². The van der Waals surface area contributed by atoms with E-state index in [2.05, 4.69) is 39.6 Å². The van der Waals surface area contributed by atoms with Gasteiger partial charge in [-0.05, 0) is 55.0 Å². The lowest BCUT2D eigenvalue weighted by Crippen LogP contribution is -2.60. The number of rotatable bonds is 9. The number of hydrogen-bond donors (Lipinski definition) is 0. The molecule has 1 aliphatic heterocycles. The Balaban J connectivity index is 2.31. The van der Waals surface area contributed by atoms with Crippen molar-refractivity contribution in [3.05, 3.63) is 0 Å². The van der Waals surface area contributed by atoms with Crippen LogP contribution in [-0.4, -0.2) is 60.3 Å². The number of esters is 3. The minimum Gasteiger partial charge on any atom is -0.462 e. The van der Waals surface area contributed by atoms with E-state index in [9.17, 15) is 14.4 Å². The molecule has 0 aromatic rings. The molecule has 0 aromatic carbocycles. The maximum atomic E-state index is 12.2. The molecule has 0 aromatic heterocycles. The summed E-state index contributed by atoms with van der Waals surface area (Å²) in [5, 5.41) is 0. The summed E-state index contributed by atoms with van der Waals surface area (Å²) in [7, 11) is 2.09. The summed E-state index contributed by atoms with van der Waals surface area (Å²) in [6, 6.07) is 0. The fourth-order valence-corrected chi connectivity index (χ4v) is 3.51. The molecule has 0 amide bonds. The molecular weight excluding hydrogens is 374 g/mol. The Bertz CT molecular complexity index is 578. The van der Waals surface area contributed by atoms with Crippen molar-refractivity contribution in [2.45, 2.75) is 97.8 Å². The Kier molecular flexibility index (Phi) is 8.69. The van der Waals surface area contributed by atoms with Crippen LogP contribution in [-0.2, 0) is 28.6 Å². The van der Waals surface area contributed by atoms with E-state index in [0.29, 0.717) is 6.42 Å². The number of hydrogen-bond acceptors (Lipinski definition) is 7. The third kappa shape index (κ3) is 7.61. The molecule has 29 heavy (non-hydrogen) atoms. The van der Waals surface area contributed by atoms with Crippen LogP contribution in [0.15, 0.2) is 0 Å². The maximum Gasteiger partial charge on any atom is 0.311 e. The van der Waals surface area contributed by atoms with E-state index in [-0.39, 0.29) is 55.2 Å². The van der Waals surface area contributed by atoms with Crippen molar-refractivity contribution in [1.82, 2.24) is 4.90 Å². The predicted octanol–water partition coefficient (Wildman–Crippen LogP) is 3.48. The summed E-state index contributed by atoms with van der Waals surface area (Å²) in [5.41, 5.74) is -0.699. The molecule has 1 fully saturated rings. The molecule has 7 nitrogen and oxygen atoms in total. The van der Waals surface area contributed by atoms with Gasteiger partial charge < -0.3 is 14.2 Å². The summed E-state index contributed by atoms with van der Waals surface area (Å²) in [4.78, 5) is 38.1. The highest BCUT2D eigenvalue weighted by atomic mass is 16.6. The highest BCUT2D eigenvalue weighted by molar-refractivity contribution is 5.78. The van der Waals surface area contributed by atoms with Gasteiger partial charge in [-0.1, -0.05) is 6.92 Å². The second kappa shape index (κ2) is 9.92. The third-order valence-corrected chi connectivity index (χ3v) is 6.12. The quantitative estimate of drug-likeness (QED) is 0.325. The molecule has 7 heteroatoms. The van der Waals surface area contributed by atoms with Gasteiger partial charge in [-0.2, -0.15) is 0 Å². The van der Waals surface area contributed by atoms with Crippen molar-refractivity contribution in [3.8, 4) is 0 Å². The van der Waals surface area contributed by atoms with Gasteiger partial charge in [0.25, 0.3) is 0 Å². The second-order valence-corrected chi connectivity index (χ2v) is 9.80. The van der Waals surface area contributed by atoms with Gasteiger partial charge in [0.2, 0.25) is 0 Å². The molecule has 1 aliphatic rings. The molecule has 0 atom stereocenters. The molecule has 1 heterocycles. The van der Waals surface area contributed by atoms with E-state index < -0.39 is 11.4 Å². The van der Waals surface area contributed by atoms with Crippen LogP contribution in [0.5, 0.6) is 0 Å². The number of nitrogens with zero attached hydrogens (tertiary/aromatic N) is 1. The van der Waals surface area contributed by atoms with Crippen LogP contribution in [0.4, 0.5) is 0 Å². The fraction of sp³-hybridized carbons (Fsp3) is 0.864. The minimum atomic E-state index is -0.551. The van der Waals surface area contributed by atoms with Gasteiger partial charge in [-0.25, -0.2) is 0 Å². The molecule has 0 saturated carbocycles.